The molecule has 110 valence electrons. The Kier molecular flexibility index (Phi) is 4.92. The van der Waals surface area contributed by atoms with E-state index >= 15 is 0 Å². The van der Waals surface area contributed by atoms with Gasteiger partial charge >= 0.3 is 0 Å². The fraction of sp³-hybridized carbons (Fsp3) is 0.571. The first-order valence-corrected chi connectivity index (χ1v) is 7.08. The van der Waals surface area contributed by atoms with Gasteiger partial charge in [0.25, 0.3) is 0 Å². The topological polar surface area (TPSA) is 58.1 Å². The van der Waals surface area contributed by atoms with E-state index in [0.717, 1.165) is 13.1 Å². The van der Waals surface area contributed by atoms with Crippen LogP contribution in [0.4, 0.5) is 0 Å². The van der Waals surface area contributed by atoms with E-state index in [4.69, 9.17) is 0 Å². The van der Waals surface area contributed by atoms with Crippen LogP contribution in [0.2, 0.25) is 0 Å². The largest absolute Gasteiger partial charge is 0.386 e. The summed E-state index contributed by atoms with van der Waals surface area (Å²) in [6.07, 6.45) is 9.99. The molecule has 0 aliphatic rings. The Morgan fingerprint density at radius 3 is 1.55 bits per heavy atom. The van der Waals surface area contributed by atoms with Crippen molar-refractivity contribution in [3.05, 3.63) is 37.4 Å². The molecule has 6 nitrogen and oxygen atoms in total. The van der Waals surface area contributed by atoms with Crippen LogP contribution in [0.1, 0.15) is 13.8 Å². The molecule has 0 bridgehead atoms. The molecule has 6 heteroatoms. The quantitative estimate of drug-likeness (QED) is 0.661. The van der Waals surface area contributed by atoms with Gasteiger partial charge in [0.05, 0.1) is 13.1 Å². The molecule has 2 unspecified atom stereocenters. The summed E-state index contributed by atoms with van der Waals surface area (Å²) in [7, 11) is 0. The van der Waals surface area contributed by atoms with Crippen molar-refractivity contribution in [2.45, 2.75) is 52.2 Å². The van der Waals surface area contributed by atoms with Gasteiger partial charge in [0.1, 0.15) is 50.1 Å². The third-order valence-corrected chi connectivity index (χ3v) is 3.46. The highest BCUT2D eigenvalue weighted by atomic mass is 16.3. The molecule has 0 saturated carbocycles. The Morgan fingerprint density at radius 1 is 0.850 bits per heavy atom. The highest BCUT2D eigenvalue weighted by Crippen LogP contribution is 1.96. The molecule has 0 aromatic carbocycles. The lowest BCUT2D eigenvalue weighted by atomic mass is 10.2. The van der Waals surface area contributed by atoms with Crippen LogP contribution in [0.25, 0.3) is 0 Å². The van der Waals surface area contributed by atoms with E-state index in [2.05, 4.69) is 13.8 Å². The van der Waals surface area contributed by atoms with Crippen LogP contribution in [0.15, 0.2) is 37.4 Å². The summed E-state index contributed by atoms with van der Waals surface area (Å²) in [4.78, 5) is 0. The molecule has 0 radical (unpaired) electrons. The number of nitrogens with zero attached hydrogens (tertiary/aromatic N) is 4. The van der Waals surface area contributed by atoms with E-state index in [1.54, 1.807) is 0 Å². The summed E-state index contributed by atoms with van der Waals surface area (Å²) in [6, 6.07) is 0. The first-order valence-electron chi connectivity index (χ1n) is 7.08. The molecule has 0 fully saturated rings. The summed E-state index contributed by atoms with van der Waals surface area (Å²) in [5, 5.41) is 20.2. The lowest BCUT2D eigenvalue weighted by Crippen LogP contribution is -2.49. The van der Waals surface area contributed by atoms with E-state index in [1.807, 2.05) is 55.7 Å². The zero-order chi connectivity index (χ0) is 14.5. The van der Waals surface area contributed by atoms with Gasteiger partial charge in [-0.05, 0) is 13.8 Å². The van der Waals surface area contributed by atoms with E-state index in [0.29, 0.717) is 13.1 Å². The first kappa shape index (κ1) is 14.7. The Labute approximate surface area is 119 Å². The number of aromatic nitrogens is 4. The fourth-order valence-electron chi connectivity index (χ4n) is 2.14. The third-order valence-electron chi connectivity index (χ3n) is 3.46. The Hall–Kier alpha value is -1.66. The average Bonchev–Trinajstić information content (AvgIpc) is 3.07. The van der Waals surface area contributed by atoms with Crippen molar-refractivity contribution in [1.82, 2.24) is 9.13 Å². The van der Waals surface area contributed by atoms with Crippen molar-refractivity contribution in [2.24, 2.45) is 0 Å². The zero-order valence-electron chi connectivity index (χ0n) is 12.1. The number of imidazole rings is 2. The average molecular weight is 280 g/mol. The SMILES string of the molecule is CCn1cc[n+](CC(O)C(O)C[n+]2ccn(CC)c2)c1. The van der Waals surface area contributed by atoms with Gasteiger partial charge in [0.2, 0.25) is 12.7 Å². The molecule has 2 atom stereocenters. The first-order chi connectivity index (χ1) is 9.62. The predicted molar refractivity (Wildman–Crippen MR) is 72.6 cm³/mol. The minimum atomic E-state index is -0.787. The van der Waals surface area contributed by atoms with E-state index in [9.17, 15) is 10.2 Å². The van der Waals surface area contributed by atoms with Gasteiger partial charge in [-0.25, -0.2) is 18.3 Å². The highest BCUT2D eigenvalue weighted by molar-refractivity contribution is 4.68. The normalized spacial score (nSPS) is 14.4. The van der Waals surface area contributed by atoms with Crippen molar-refractivity contribution >= 4 is 0 Å². The van der Waals surface area contributed by atoms with Gasteiger partial charge in [-0.15, -0.1) is 0 Å². The number of aliphatic hydroxyl groups is 2. The second-order valence-electron chi connectivity index (χ2n) is 5.02. The molecular weight excluding hydrogens is 256 g/mol. The number of aryl methyl sites for hydroxylation is 2. The molecule has 2 aromatic rings. The molecule has 2 aromatic heterocycles. The van der Waals surface area contributed by atoms with Gasteiger partial charge < -0.3 is 10.2 Å². The number of aliphatic hydroxyl groups excluding tert-OH is 2. The minimum absolute atomic E-state index is 0.392. The van der Waals surface area contributed by atoms with E-state index in [-0.39, 0.29) is 0 Å². The van der Waals surface area contributed by atoms with E-state index < -0.39 is 12.2 Å². The number of hydrogen-bond acceptors (Lipinski definition) is 2. The molecule has 0 spiro atoms. The van der Waals surface area contributed by atoms with Crippen LogP contribution in [0.3, 0.4) is 0 Å². The van der Waals surface area contributed by atoms with E-state index in [1.165, 1.54) is 0 Å². The summed E-state index contributed by atoms with van der Waals surface area (Å²) < 4.78 is 7.82. The summed E-state index contributed by atoms with van der Waals surface area (Å²) in [6.45, 7) is 6.69. The second kappa shape index (κ2) is 6.67. The second-order valence-corrected chi connectivity index (χ2v) is 5.02. The van der Waals surface area contributed by atoms with Crippen LogP contribution in [0, 0.1) is 0 Å². The van der Waals surface area contributed by atoms with Gasteiger partial charge in [-0.1, -0.05) is 0 Å². The predicted octanol–water partition coefficient (Wildman–Crippen LogP) is -0.674. The van der Waals surface area contributed by atoms with Crippen molar-refractivity contribution in [3.8, 4) is 0 Å². The monoisotopic (exact) mass is 280 g/mol. The summed E-state index contributed by atoms with van der Waals surface area (Å²) >= 11 is 0. The Bertz CT molecular complexity index is 487. The fourth-order valence-corrected chi connectivity index (χ4v) is 2.14. The zero-order valence-corrected chi connectivity index (χ0v) is 12.1. The van der Waals surface area contributed by atoms with Crippen molar-refractivity contribution in [1.29, 1.82) is 0 Å². The molecule has 20 heavy (non-hydrogen) atoms. The standard InChI is InChI=1S/C14H24N4O2/c1-3-15-5-7-17(11-15)9-13(19)14(20)10-18-8-6-16(4-2)12-18/h5-8,11-14,19-20H,3-4,9-10H2,1-2H3/q+2. The molecular formula is C14H24N4O2+2. The molecule has 0 amide bonds. The van der Waals surface area contributed by atoms with Crippen LogP contribution in [-0.4, -0.2) is 31.6 Å². The van der Waals surface area contributed by atoms with Gasteiger partial charge in [0.15, 0.2) is 0 Å². The molecule has 0 saturated heterocycles. The van der Waals surface area contributed by atoms with Crippen molar-refractivity contribution in [2.75, 3.05) is 0 Å². The van der Waals surface area contributed by atoms with Crippen LogP contribution in [0.5, 0.6) is 0 Å². The lowest BCUT2D eigenvalue weighted by Gasteiger charge is -2.14. The molecule has 0 aliphatic carbocycles. The smallest absolute Gasteiger partial charge is 0.243 e. The van der Waals surface area contributed by atoms with Crippen LogP contribution >= 0.6 is 0 Å². The van der Waals surface area contributed by atoms with Gasteiger partial charge in [-0.2, -0.15) is 0 Å². The lowest BCUT2D eigenvalue weighted by molar-refractivity contribution is -0.719. The number of rotatable bonds is 7. The van der Waals surface area contributed by atoms with Crippen molar-refractivity contribution in [3.63, 3.8) is 0 Å². The molecule has 2 N–H and O–H groups in total. The molecule has 0 aliphatic heterocycles. The minimum Gasteiger partial charge on any atom is -0.386 e. The Balaban J connectivity index is 1.89. The Morgan fingerprint density at radius 2 is 1.25 bits per heavy atom. The maximum Gasteiger partial charge on any atom is 0.243 e. The third kappa shape index (κ3) is 3.68. The maximum atomic E-state index is 10.1. The summed E-state index contributed by atoms with van der Waals surface area (Å²) in [5.41, 5.74) is 0. The molecule has 2 heterocycles. The van der Waals surface area contributed by atoms with Crippen molar-refractivity contribution < 1.29 is 19.3 Å². The summed E-state index contributed by atoms with van der Waals surface area (Å²) in [5.74, 6) is 0. The van der Waals surface area contributed by atoms with Crippen LogP contribution in [-0.2, 0) is 26.2 Å². The van der Waals surface area contributed by atoms with Crippen LogP contribution < -0.4 is 9.13 Å². The number of hydrogen-bond donors (Lipinski definition) is 2. The highest BCUT2D eigenvalue weighted by Gasteiger charge is 2.22. The van der Waals surface area contributed by atoms with Gasteiger partial charge in [0, 0.05) is 0 Å². The maximum absolute atomic E-state index is 10.1. The molecule has 2 rings (SSSR count). The van der Waals surface area contributed by atoms with Gasteiger partial charge in [-0.3, -0.25) is 0 Å².